The van der Waals surface area contributed by atoms with Crippen LogP contribution in [0, 0.1) is 18.3 Å². The van der Waals surface area contributed by atoms with Gasteiger partial charge in [-0.1, -0.05) is 0 Å². The van der Waals surface area contributed by atoms with Gasteiger partial charge in [-0.05, 0) is 25.1 Å². The highest BCUT2D eigenvalue weighted by molar-refractivity contribution is 5.27. The predicted molar refractivity (Wildman–Crippen MR) is 61.3 cm³/mol. The summed E-state index contributed by atoms with van der Waals surface area (Å²) in [4.78, 5) is 20.0. The van der Waals surface area contributed by atoms with Gasteiger partial charge in [0.05, 0.1) is 6.54 Å². The number of rotatable bonds is 2. The smallest absolute Gasteiger partial charge is 0.269 e. The number of nitrogens with zero attached hydrogens (tertiary/aromatic N) is 4. The molecular weight excluding hydrogens is 216 g/mol. The molecule has 0 saturated carbocycles. The van der Waals surface area contributed by atoms with E-state index >= 15 is 0 Å². The maximum atomic E-state index is 11.9. The summed E-state index contributed by atoms with van der Waals surface area (Å²) >= 11 is 0. The maximum Gasteiger partial charge on any atom is 0.269 e. The van der Waals surface area contributed by atoms with Crippen LogP contribution in [0.25, 0.3) is 0 Å². The lowest BCUT2D eigenvalue weighted by atomic mass is 10.2. The Bertz CT molecular complexity index is 625. The van der Waals surface area contributed by atoms with E-state index in [-0.39, 0.29) is 17.7 Å². The van der Waals surface area contributed by atoms with Crippen LogP contribution in [0.5, 0.6) is 0 Å². The Balaban J connectivity index is 2.47. The van der Waals surface area contributed by atoms with Crippen LogP contribution < -0.4 is 5.56 Å². The molecule has 0 unspecified atom stereocenters. The molecule has 17 heavy (non-hydrogen) atoms. The van der Waals surface area contributed by atoms with Gasteiger partial charge in [0.25, 0.3) is 5.56 Å². The van der Waals surface area contributed by atoms with Gasteiger partial charge in [-0.15, -0.1) is 0 Å². The van der Waals surface area contributed by atoms with Gasteiger partial charge >= 0.3 is 0 Å². The summed E-state index contributed by atoms with van der Waals surface area (Å²) in [6.45, 7) is 2.09. The van der Waals surface area contributed by atoms with Gasteiger partial charge < -0.3 is 4.57 Å². The molecule has 0 aliphatic carbocycles. The van der Waals surface area contributed by atoms with E-state index in [9.17, 15) is 4.79 Å². The van der Waals surface area contributed by atoms with Crippen LogP contribution in [-0.2, 0) is 6.54 Å². The molecule has 0 saturated heterocycles. The lowest BCUT2D eigenvalue weighted by Crippen LogP contribution is -2.25. The molecule has 2 aromatic rings. The number of aromatic nitrogens is 3. The quantitative estimate of drug-likeness (QED) is 0.761. The van der Waals surface area contributed by atoms with Crippen molar-refractivity contribution in [2.24, 2.45) is 0 Å². The van der Waals surface area contributed by atoms with Gasteiger partial charge in [-0.25, -0.2) is 9.97 Å². The molecule has 0 aliphatic heterocycles. The van der Waals surface area contributed by atoms with Crippen LogP contribution in [0.3, 0.4) is 0 Å². The van der Waals surface area contributed by atoms with Gasteiger partial charge in [-0.3, -0.25) is 4.79 Å². The SMILES string of the molecule is Cc1ccc(C#N)c(=O)n1Cc1ncccn1. The first-order valence-electron chi connectivity index (χ1n) is 5.09. The first kappa shape index (κ1) is 11.0. The minimum absolute atomic E-state index is 0.131. The summed E-state index contributed by atoms with van der Waals surface area (Å²) in [5.41, 5.74) is 0.605. The molecule has 0 N–H and O–H groups in total. The summed E-state index contributed by atoms with van der Waals surface area (Å²) in [6.07, 6.45) is 3.24. The fraction of sp³-hybridized carbons (Fsp3) is 0.167. The minimum Gasteiger partial charge on any atom is -0.304 e. The normalized spacial score (nSPS) is 9.88. The molecule has 0 aromatic carbocycles. The van der Waals surface area contributed by atoms with E-state index in [2.05, 4.69) is 9.97 Å². The van der Waals surface area contributed by atoms with E-state index in [1.54, 1.807) is 24.5 Å². The number of aryl methyl sites for hydroxylation is 1. The molecule has 0 fully saturated rings. The van der Waals surface area contributed by atoms with E-state index in [0.717, 1.165) is 5.69 Å². The van der Waals surface area contributed by atoms with E-state index in [1.807, 2.05) is 13.0 Å². The molecule has 2 aromatic heterocycles. The highest BCUT2D eigenvalue weighted by Crippen LogP contribution is 2.00. The standard InChI is InChI=1S/C12H10N4O/c1-9-3-4-10(7-13)12(17)16(9)8-11-14-5-2-6-15-11/h2-6H,8H2,1H3. The molecule has 0 amide bonds. The highest BCUT2D eigenvalue weighted by Gasteiger charge is 2.07. The van der Waals surface area contributed by atoms with Crippen molar-refractivity contribution in [3.05, 3.63) is 58.0 Å². The Hall–Kier alpha value is -2.48. The molecule has 5 heteroatoms. The molecule has 0 spiro atoms. The summed E-state index contributed by atoms with van der Waals surface area (Å²) in [5, 5.41) is 8.81. The lowest BCUT2D eigenvalue weighted by molar-refractivity contribution is 0.689. The second kappa shape index (κ2) is 4.58. The Kier molecular flexibility index (Phi) is 2.97. The third-order valence-corrected chi connectivity index (χ3v) is 2.43. The lowest BCUT2D eigenvalue weighted by Gasteiger charge is -2.08. The minimum atomic E-state index is -0.306. The summed E-state index contributed by atoms with van der Waals surface area (Å²) < 4.78 is 1.49. The van der Waals surface area contributed by atoms with Crippen LogP contribution in [0.2, 0.25) is 0 Å². The average Bonchev–Trinajstić information content (AvgIpc) is 2.36. The topological polar surface area (TPSA) is 71.6 Å². The molecule has 2 heterocycles. The summed E-state index contributed by atoms with van der Waals surface area (Å²) in [5.74, 6) is 0.549. The van der Waals surface area contributed by atoms with Crippen LogP contribution in [0.1, 0.15) is 17.1 Å². The van der Waals surface area contributed by atoms with Crippen molar-refractivity contribution in [3.8, 4) is 6.07 Å². The van der Waals surface area contributed by atoms with Crippen LogP contribution in [-0.4, -0.2) is 14.5 Å². The predicted octanol–water partition coefficient (Wildman–Crippen LogP) is 0.867. The van der Waals surface area contributed by atoms with Crippen LogP contribution in [0.15, 0.2) is 35.4 Å². The van der Waals surface area contributed by atoms with Crippen molar-refractivity contribution in [2.45, 2.75) is 13.5 Å². The van der Waals surface area contributed by atoms with Crippen LogP contribution in [0.4, 0.5) is 0 Å². The fourth-order valence-corrected chi connectivity index (χ4v) is 1.51. The monoisotopic (exact) mass is 226 g/mol. The summed E-state index contributed by atoms with van der Waals surface area (Å²) in [7, 11) is 0. The van der Waals surface area contributed by atoms with Crippen molar-refractivity contribution in [3.63, 3.8) is 0 Å². The Morgan fingerprint density at radius 3 is 2.71 bits per heavy atom. The van der Waals surface area contributed by atoms with Gasteiger partial charge in [0, 0.05) is 18.1 Å². The first-order valence-corrected chi connectivity index (χ1v) is 5.09. The van der Waals surface area contributed by atoms with Crippen molar-refractivity contribution < 1.29 is 0 Å². The Morgan fingerprint density at radius 1 is 1.35 bits per heavy atom. The zero-order valence-corrected chi connectivity index (χ0v) is 9.29. The maximum absolute atomic E-state index is 11.9. The van der Waals surface area contributed by atoms with Crippen molar-refractivity contribution in [1.29, 1.82) is 5.26 Å². The van der Waals surface area contributed by atoms with Crippen molar-refractivity contribution >= 4 is 0 Å². The largest absolute Gasteiger partial charge is 0.304 e. The zero-order valence-electron chi connectivity index (χ0n) is 9.29. The number of nitriles is 1. The molecule has 84 valence electrons. The molecule has 5 nitrogen and oxygen atoms in total. The van der Waals surface area contributed by atoms with Crippen LogP contribution >= 0.6 is 0 Å². The van der Waals surface area contributed by atoms with E-state index in [1.165, 1.54) is 10.6 Å². The van der Waals surface area contributed by atoms with Crippen molar-refractivity contribution in [1.82, 2.24) is 14.5 Å². The first-order chi connectivity index (χ1) is 8.22. The average molecular weight is 226 g/mol. The van der Waals surface area contributed by atoms with Gasteiger partial charge in [0.2, 0.25) is 0 Å². The zero-order chi connectivity index (χ0) is 12.3. The van der Waals surface area contributed by atoms with E-state index < -0.39 is 0 Å². The molecule has 0 aliphatic rings. The fourth-order valence-electron chi connectivity index (χ4n) is 1.51. The Morgan fingerprint density at radius 2 is 2.06 bits per heavy atom. The van der Waals surface area contributed by atoms with Crippen molar-refractivity contribution in [2.75, 3.05) is 0 Å². The van der Waals surface area contributed by atoms with Gasteiger partial charge in [-0.2, -0.15) is 5.26 Å². The molecule has 0 radical (unpaired) electrons. The molecular formula is C12H10N4O. The molecule has 2 rings (SSSR count). The molecule has 0 atom stereocenters. The third kappa shape index (κ3) is 2.21. The Labute approximate surface area is 98.0 Å². The number of hydrogen-bond acceptors (Lipinski definition) is 4. The highest BCUT2D eigenvalue weighted by atomic mass is 16.1. The second-order valence-electron chi connectivity index (χ2n) is 3.56. The van der Waals surface area contributed by atoms with Gasteiger partial charge in [0.1, 0.15) is 17.5 Å². The summed E-state index contributed by atoms with van der Waals surface area (Å²) in [6, 6.07) is 6.85. The number of hydrogen-bond donors (Lipinski definition) is 0. The second-order valence-corrected chi connectivity index (χ2v) is 3.56. The van der Waals surface area contributed by atoms with E-state index in [4.69, 9.17) is 5.26 Å². The molecule has 0 bridgehead atoms. The van der Waals surface area contributed by atoms with Gasteiger partial charge in [0.15, 0.2) is 0 Å². The number of pyridine rings is 1. The van der Waals surface area contributed by atoms with E-state index in [0.29, 0.717) is 5.82 Å². The third-order valence-electron chi connectivity index (χ3n) is 2.43.